The molecule has 0 aliphatic heterocycles. The number of aromatic nitrogens is 1. The zero-order valence-electron chi connectivity index (χ0n) is 12.8. The maximum Gasteiger partial charge on any atom is 0.410 e. The molecule has 122 valence electrons. The SMILES string of the molecule is CCN(CCc1ncc(C(=O)O)s1)C(=O)OCc1ccccc1. The van der Waals surface area contributed by atoms with Crippen LogP contribution < -0.4 is 0 Å². The maximum absolute atomic E-state index is 12.1. The van der Waals surface area contributed by atoms with Gasteiger partial charge in [0.05, 0.1) is 11.2 Å². The number of rotatable bonds is 7. The minimum atomic E-state index is -0.983. The minimum absolute atomic E-state index is 0.203. The molecule has 0 atom stereocenters. The molecule has 7 heteroatoms. The van der Waals surface area contributed by atoms with Crippen molar-refractivity contribution in [3.8, 4) is 0 Å². The van der Waals surface area contributed by atoms with Crippen LogP contribution in [0.4, 0.5) is 4.79 Å². The molecule has 0 radical (unpaired) electrons. The van der Waals surface area contributed by atoms with Gasteiger partial charge in [0.2, 0.25) is 0 Å². The lowest BCUT2D eigenvalue weighted by molar-refractivity contribution is 0.0701. The van der Waals surface area contributed by atoms with Gasteiger partial charge in [-0.25, -0.2) is 14.6 Å². The summed E-state index contributed by atoms with van der Waals surface area (Å²) in [5.41, 5.74) is 0.933. The Bertz CT molecular complexity index is 657. The zero-order chi connectivity index (χ0) is 16.7. The standard InChI is InChI=1S/C16H18N2O4S/c1-2-18(9-8-14-17-10-13(23-14)15(19)20)16(21)22-11-12-6-4-3-5-7-12/h3-7,10H,2,8-9,11H2,1H3,(H,19,20). The highest BCUT2D eigenvalue weighted by Gasteiger charge is 2.15. The van der Waals surface area contributed by atoms with Crippen LogP contribution in [-0.4, -0.2) is 40.1 Å². The molecule has 0 aliphatic carbocycles. The van der Waals surface area contributed by atoms with Gasteiger partial charge in [0.1, 0.15) is 11.5 Å². The molecule has 0 spiro atoms. The molecule has 0 saturated carbocycles. The van der Waals surface area contributed by atoms with Gasteiger partial charge < -0.3 is 14.7 Å². The Morgan fingerprint density at radius 2 is 2.04 bits per heavy atom. The predicted octanol–water partition coefficient (Wildman–Crippen LogP) is 3.04. The van der Waals surface area contributed by atoms with E-state index in [1.54, 1.807) is 4.90 Å². The molecule has 2 rings (SSSR count). The normalized spacial score (nSPS) is 10.3. The lowest BCUT2D eigenvalue weighted by Crippen LogP contribution is -2.33. The largest absolute Gasteiger partial charge is 0.477 e. The Morgan fingerprint density at radius 1 is 1.30 bits per heavy atom. The van der Waals surface area contributed by atoms with Gasteiger partial charge in [-0.2, -0.15) is 0 Å². The molecule has 23 heavy (non-hydrogen) atoms. The smallest absolute Gasteiger partial charge is 0.410 e. The number of carbonyl (C=O) groups excluding carboxylic acids is 1. The molecule has 6 nitrogen and oxygen atoms in total. The summed E-state index contributed by atoms with van der Waals surface area (Å²) in [6.07, 6.45) is 1.46. The summed E-state index contributed by atoms with van der Waals surface area (Å²) in [6, 6.07) is 9.48. The highest BCUT2D eigenvalue weighted by Crippen LogP contribution is 2.14. The summed E-state index contributed by atoms with van der Waals surface area (Å²) < 4.78 is 5.29. The van der Waals surface area contributed by atoms with Crippen molar-refractivity contribution in [3.63, 3.8) is 0 Å². The summed E-state index contributed by atoms with van der Waals surface area (Å²) in [6.45, 7) is 3.06. The summed E-state index contributed by atoms with van der Waals surface area (Å²) in [7, 11) is 0. The minimum Gasteiger partial charge on any atom is -0.477 e. The maximum atomic E-state index is 12.1. The van der Waals surface area contributed by atoms with Gasteiger partial charge in [-0.1, -0.05) is 30.3 Å². The summed E-state index contributed by atoms with van der Waals surface area (Å²) in [4.78, 5) is 28.7. The van der Waals surface area contributed by atoms with Crippen LogP contribution in [-0.2, 0) is 17.8 Å². The molecule has 0 aliphatic rings. The molecule has 0 bridgehead atoms. The molecule has 1 aromatic carbocycles. The fraction of sp³-hybridized carbons (Fsp3) is 0.312. The van der Waals surface area contributed by atoms with Crippen LogP contribution in [0.2, 0.25) is 0 Å². The molecule has 1 heterocycles. The second-order valence-electron chi connectivity index (χ2n) is 4.79. The van der Waals surface area contributed by atoms with Crippen LogP contribution in [0.5, 0.6) is 0 Å². The number of nitrogens with zero attached hydrogens (tertiary/aromatic N) is 2. The number of benzene rings is 1. The first-order valence-corrected chi connectivity index (χ1v) is 8.05. The van der Waals surface area contributed by atoms with Gasteiger partial charge in [0.25, 0.3) is 0 Å². The van der Waals surface area contributed by atoms with Crippen LogP contribution in [0.3, 0.4) is 0 Å². The van der Waals surface area contributed by atoms with Crippen LogP contribution in [0.25, 0.3) is 0 Å². The number of aromatic carboxylic acids is 1. The van der Waals surface area contributed by atoms with Crippen LogP contribution >= 0.6 is 11.3 Å². The molecule has 1 amide bonds. The highest BCUT2D eigenvalue weighted by molar-refractivity contribution is 7.13. The van der Waals surface area contributed by atoms with Crippen molar-refractivity contribution < 1.29 is 19.4 Å². The van der Waals surface area contributed by atoms with Crippen molar-refractivity contribution >= 4 is 23.4 Å². The highest BCUT2D eigenvalue weighted by atomic mass is 32.1. The lowest BCUT2D eigenvalue weighted by Gasteiger charge is -2.19. The molecule has 0 saturated heterocycles. The first-order chi connectivity index (χ1) is 11.1. The van der Waals surface area contributed by atoms with E-state index in [4.69, 9.17) is 9.84 Å². The van der Waals surface area contributed by atoms with E-state index in [0.29, 0.717) is 24.5 Å². The number of hydrogen-bond acceptors (Lipinski definition) is 5. The molecule has 1 N–H and O–H groups in total. The van der Waals surface area contributed by atoms with Crippen molar-refractivity contribution in [2.75, 3.05) is 13.1 Å². The molecular formula is C16H18N2O4S. The topological polar surface area (TPSA) is 79.7 Å². The number of amides is 1. The Kier molecular flexibility index (Phi) is 6.10. The Labute approximate surface area is 138 Å². The second-order valence-corrected chi connectivity index (χ2v) is 5.91. The van der Waals surface area contributed by atoms with Crippen molar-refractivity contribution in [1.29, 1.82) is 0 Å². The van der Waals surface area contributed by atoms with E-state index in [2.05, 4.69) is 4.98 Å². The molecule has 2 aromatic rings. The third-order valence-electron chi connectivity index (χ3n) is 3.20. The number of carbonyl (C=O) groups is 2. The number of thiazole rings is 1. The Morgan fingerprint density at radius 3 is 2.65 bits per heavy atom. The summed E-state index contributed by atoms with van der Waals surface area (Å²) in [5, 5.41) is 9.57. The average molecular weight is 334 g/mol. The first-order valence-electron chi connectivity index (χ1n) is 7.23. The van der Waals surface area contributed by atoms with Crippen LogP contribution in [0, 0.1) is 0 Å². The van der Waals surface area contributed by atoms with E-state index in [-0.39, 0.29) is 17.6 Å². The predicted molar refractivity (Wildman–Crippen MR) is 86.7 cm³/mol. The van der Waals surface area contributed by atoms with Crippen molar-refractivity contribution in [3.05, 3.63) is 52.0 Å². The van der Waals surface area contributed by atoms with Crippen molar-refractivity contribution in [2.24, 2.45) is 0 Å². The molecule has 0 unspecified atom stereocenters. The first kappa shape index (κ1) is 17.0. The second kappa shape index (κ2) is 8.28. The van der Waals surface area contributed by atoms with Gasteiger partial charge >= 0.3 is 12.1 Å². The van der Waals surface area contributed by atoms with Gasteiger partial charge in [-0.15, -0.1) is 11.3 Å². The lowest BCUT2D eigenvalue weighted by atomic mass is 10.2. The van der Waals surface area contributed by atoms with Crippen molar-refractivity contribution in [2.45, 2.75) is 20.0 Å². The zero-order valence-corrected chi connectivity index (χ0v) is 13.6. The summed E-state index contributed by atoms with van der Waals surface area (Å²) >= 11 is 1.13. The number of carboxylic acids is 1. The van der Waals surface area contributed by atoms with Gasteiger partial charge in [-0.3, -0.25) is 0 Å². The third kappa shape index (κ3) is 5.07. The van der Waals surface area contributed by atoms with E-state index < -0.39 is 5.97 Å². The summed E-state index contributed by atoms with van der Waals surface area (Å²) in [5.74, 6) is -0.983. The molecular weight excluding hydrogens is 316 g/mol. The van der Waals surface area contributed by atoms with E-state index in [1.165, 1.54) is 6.20 Å². The quantitative estimate of drug-likeness (QED) is 0.842. The molecule has 1 aromatic heterocycles. The van der Waals surface area contributed by atoms with Crippen LogP contribution in [0.1, 0.15) is 27.2 Å². The fourth-order valence-corrected chi connectivity index (χ4v) is 2.69. The monoisotopic (exact) mass is 334 g/mol. The van der Waals surface area contributed by atoms with Gasteiger partial charge in [-0.05, 0) is 12.5 Å². The van der Waals surface area contributed by atoms with Gasteiger partial charge in [0.15, 0.2) is 0 Å². The van der Waals surface area contributed by atoms with Gasteiger partial charge in [0, 0.05) is 19.5 Å². The van der Waals surface area contributed by atoms with E-state index >= 15 is 0 Å². The number of ether oxygens (including phenoxy) is 1. The Hall–Kier alpha value is -2.41. The average Bonchev–Trinajstić information content (AvgIpc) is 3.04. The Balaban J connectivity index is 1.83. The van der Waals surface area contributed by atoms with Crippen LogP contribution in [0.15, 0.2) is 36.5 Å². The number of carboxylic acid groups (broad SMARTS) is 1. The van der Waals surface area contributed by atoms with E-state index in [1.807, 2.05) is 37.3 Å². The van der Waals surface area contributed by atoms with E-state index in [9.17, 15) is 9.59 Å². The number of likely N-dealkylation sites (N-methyl/N-ethyl adjacent to an activating group) is 1. The molecule has 0 fully saturated rings. The number of hydrogen-bond donors (Lipinski definition) is 1. The third-order valence-corrected chi connectivity index (χ3v) is 4.25. The van der Waals surface area contributed by atoms with Crippen molar-refractivity contribution in [1.82, 2.24) is 9.88 Å². The fourth-order valence-electron chi connectivity index (χ4n) is 1.94. The van der Waals surface area contributed by atoms with E-state index in [0.717, 1.165) is 16.9 Å².